The van der Waals surface area contributed by atoms with E-state index < -0.39 is 0 Å². The van der Waals surface area contributed by atoms with Crippen molar-refractivity contribution in [3.63, 3.8) is 0 Å². The Hall–Kier alpha value is -2.53. The van der Waals surface area contributed by atoms with Crippen LogP contribution in [-0.2, 0) is 6.54 Å². The van der Waals surface area contributed by atoms with Gasteiger partial charge in [-0.3, -0.25) is 4.79 Å². The molecule has 1 saturated carbocycles. The molecule has 0 bridgehead atoms. The van der Waals surface area contributed by atoms with Gasteiger partial charge in [0.2, 0.25) is 0 Å². The molecule has 1 spiro atoms. The van der Waals surface area contributed by atoms with Crippen LogP contribution in [-0.4, -0.2) is 36.0 Å². The second-order valence-corrected chi connectivity index (χ2v) is 8.79. The fraction of sp³-hybridized carbons (Fsp3) is 0.391. The summed E-state index contributed by atoms with van der Waals surface area (Å²) in [6.07, 6.45) is 2.87. The number of hydrogen-bond acceptors (Lipinski definition) is 2. The summed E-state index contributed by atoms with van der Waals surface area (Å²) in [5, 5.41) is 6.63. The van der Waals surface area contributed by atoms with Crippen LogP contribution in [0.1, 0.15) is 40.7 Å². The van der Waals surface area contributed by atoms with Crippen LogP contribution in [0.5, 0.6) is 0 Å². The number of aryl methyl sites for hydroxylation is 1. The van der Waals surface area contributed by atoms with Gasteiger partial charge in [0.25, 0.3) is 5.91 Å². The van der Waals surface area contributed by atoms with Gasteiger partial charge < -0.3 is 15.5 Å². The average Bonchev–Trinajstić information content (AvgIpc) is 3.13. The first-order valence-corrected chi connectivity index (χ1v) is 10.5. The van der Waals surface area contributed by atoms with Crippen molar-refractivity contribution in [1.82, 2.24) is 15.5 Å². The molecule has 152 valence electrons. The molecule has 2 aliphatic rings. The molecule has 0 atom stereocenters. The number of rotatable bonds is 4. The highest BCUT2D eigenvalue weighted by Crippen LogP contribution is 2.48. The number of hydrogen-bond donors (Lipinski definition) is 2. The van der Waals surface area contributed by atoms with E-state index in [2.05, 4.69) is 10.6 Å². The average molecular weight is 412 g/mol. The summed E-state index contributed by atoms with van der Waals surface area (Å²) >= 11 is 5.88. The molecule has 4 rings (SSSR count). The van der Waals surface area contributed by atoms with Crippen LogP contribution in [0.2, 0.25) is 5.02 Å². The zero-order chi connectivity index (χ0) is 20.4. The van der Waals surface area contributed by atoms with Gasteiger partial charge in [-0.05, 0) is 60.9 Å². The van der Waals surface area contributed by atoms with Crippen LogP contribution in [0.25, 0.3) is 0 Å². The lowest BCUT2D eigenvalue weighted by molar-refractivity contribution is 0.0671. The third-order valence-electron chi connectivity index (χ3n) is 6.16. The van der Waals surface area contributed by atoms with E-state index >= 15 is 0 Å². The standard InChI is InChI=1S/C23H26ClN3O2/c1-16-4-2-3-5-20(16)21(28)27-11-10-23(15-27)12-19(13-23)26-22(29)25-14-17-6-8-18(24)9-7-17/h2-9,19H,10-15H2,1H3,(H2,25,26,29). The zero-order valence-electron chi connectivity index (χ0n) is 16.6. The minimum atomic E-state index is -0.148. The minimum absolute atomic E-state index is 0.122. The maximum atomic E-state index is 12.8. The minimum Gasteiger partial charge on any atom is -0.338 e. The number of benzene rings is 2. The lowest BCUT2D eigenvalue weighted by atomic mass is 9.65. The fourth-order valence-electron chi connectivity index (χ4n) is 4.53. The third-order valence-corrected chi connectivity index (χ3v) is 6.41. The van der Waals surface area contributed by atoms with Crippen LogP contribution < -0.4 is 10.6 Å². The van der Waals surface area contributed by atoms with Crippen molar-refractivity contribution < 1.29 is 9.59 Å². The Morgan fingerprint density at radius 2 is 1.86 bits per heavy atom. The van der Waals surface area contributed by atoms with Crippen LogP contribution >= 0.6 is 11.6 Å². The van der Waals surface area contributed by atoms with Crippen molar-refractivity contribution in [3.05, 3.63) is 70.2 Å². The summed E-state index contributed by atoms with van der Waals surface area (Å²) in [5.74, 6) is 0.122. The number of nitrogens with zero attached hydrogens (tertiary/aromatic N) is 1. The van der Waals surface area contributed by atoms with Crippen molar-refractivity contribution >= 4 is 23.5 Å². The SMILES string of the molecule is Cc1ccccc1C(=O)N1CCC2(CC(NC(=O)NCc3ccc(Cl)cc3)C2)C1. The first-order chi connectivity index (χ1) is 13.9. The fourth-order valence-corrected chi connectivity index (χ4v) is 4.66. The van der Waals surface area contributed by atoms with E-state index in [1.54, 1.807) is 0 Å². The Kier molecular flexibility index (Phi) is 5.50. The Balaban J connectivity index is 1.23. The lowest BCUT2D eigenvalue weighted by Gasteiger charge is -2.45. The molecular weight excluding hydrogens is 386 g/mol. The van der Waals surface area contributed by atoms with E-state index in [0.29, 0.717) is 11.6 Å². The number of amides is 3. The second-order valence-electron chi connectivity index (χ2n) is 8.35. The molecule has 0 radical (unpaired) electrons. The summed E-state index contributed by atoms with van der Waals surface area (Å²) in [6, 6.07) is 15.2. The quantitative estimate of drug-likeness (QED) is 0.794. The van der Waals surface area contributed by atoms with Gasteiger partial charge in [-0.2, -0.15) is 0 Å². The molecule has 5 nitrogen and oxygen atoms in total. The highest BCUT2D eigenvalue weighted by atomic mass is 35.5. The second kappa shape index (κ2) is 8.07. The van der Waals surface area contributed by atoms with Crippen LogP contribution in [0.15, 0.2) is 48.5 Å². The van der Waals surface area contributed by atoms with Crippen molar-refractivity contribution in [2.24, 2.45) is 5.41 Å². The monoisotopic (exact) mass is 411 g/mol. The van der Waals surface area contributed by atoms with E-state index in [1.807, 2.05) is 60.4 Å². The first-order valence-electron chi connectivity index (χ1n) is 10.1. The highest BCUT2D eigenvalue weighted by molar-refractivity contribution is 6.30. The van der Waals surface area contributed by atoms with E-state index in [1.165, 1.54) is 0 Å². The van der Waals surface area contributed by atoms with E-state index in [-0.39, 0.29) is 23.4 Å². The van der Waals surface area contributed by atoms with E-state index in [4.69, 9.17) is 11.6 Å². The third kappa shape index (κ3) is 4.40. The van der Waals surface area contributed by atoms with Gasteiger partial charge in [-0.15, -0.1) is 0 Å². The number of halogens is 1. The summed E-state index contributed by atoms with van der Waals surface area (Å²) in [6.45, 7) is 4.03. The van der Waals surface area contributed by atoms with Gasteiger partial charge in [0.15, 0.2) is 0 Å². The molecule has 6 heteroatoms. The molecule has 1 heterocycles. The Labute approximate surface area is 176 Å². The molecule has 2 fully saturated rings. The molecule has 29 heavy (non-hydrogen) atoms. The smallest absolute Gasteiger partial charge is 0.315 e. The normalized spacial score (nSPS) is 23.0. The first kappa shape index (κ1) is 19.8. The molecule has 0 aromatic heterocycles. The molecule has 2 aromatic rings. The van der Waals surface area contributed by atoms with Crippen LogP contribution in [0, 0.1) is 12.3 Å². The Bertz CT molecular complexity index is 907. The van der Waals surface area contributed by atoms with Crippen LogP contribution in [0.3, 0.4) is 0 Å². The van der Waals surface area contributed by atoms with Crippen LogP contribution in [0.4, 0.5) is 4.79 Å². The van der Waals surface area contributed by atoms with Crippen molar-refractivity contribution in [3.8, 4) is 0 Å². The summed E-state index contributed by atoms with van der Waals surface area (Å²) in [5.41, 5.74) is 2.98. The summed E-state index contributed by atoms with van der Waals surface area (Å²) in [4.78, 5) is 27.0. The topological polar surface area (TPSA) is 61.4 Å². The molecule has 0 unspecified atom stereocenters. The predicted molar refractivity (Wildman–Crippen MR) is 114 cm³/mol. The van der Waals surface area contributed by atoms with Gasteiger partial charge in [0.1, 0.15) is 0 Å². The summed E-state index contributed by atoms with van der Waals surface area (Å²) in [7, 11) is 0. The van der Waals surface area contributed by atoms with Gasteiger partial charge in [0.05, 0.1) is 0 Å². The van der Waals surface area contributed by atoms with E-state index in [0.717, 1.165) is 49.0 Å². The lowest BCUT2D eigenvalue weighted by Crippen LogP contribution is -2.54. The van der Waals surface area contributed by atoms with Crippen molar-refractivity contribution in [2.75, 3.05) is 13.1 Å². The molecular formula is C23H26ClN3O2. The molecule has 2 N–H and O–H groups in total. The van der Waals surface area contributed by atoms with Gasteiger partial charge >= 0.3 is 6.03 Å². The largest absolute Gasteiger partial charge is 0.338 e. The predicted octanol–water partition coefficient (Wildman–Crippen LogP) is 4.14. The van der Waals surface area contributed by atoms with E-state index in [9.17, 15) is 9.59 Å². The van der Waals surface area contributed by atoms with Gasteiger partial charge in [0, 0.05) is 36.3 Å². The zero-order valence-corrected chi connectivity index (χ0v) is 17.3. The number of urea groups is 1. The van der Waals surface area contributed by atoms with Crippen molar-refractivity contribution in [2.45, 2.75) is 38.8 Å². The van der Waals surface area contributed by atoms with Gasteiger partial charge in [-0.25, -0.2) is 4.79 Å². The molecule has 1 aliphatic heterocycles. The van der Waals surface area contributed by atoms with Gasteiger partial charge in [-0.1, -0.05) is 41.9 Å². The Morgan fingerprint density at radius 3 is 2.59 bits per heavy atom. The molecule has 1 aliphatic carbocycles. The molecule has 3 amide bonds. The summed E-state index contributed by atoms with van der Waals surface area (Å²) < 4.78 is 0. The maximum absolute atomic E-state index is 12.8. The van der Waals surface area contributed by atoms with Crippen molar-refractivity contribution in [1.29, 1.82) is 0 Å². The number of nitrogens with one attached hydrogen (secondary N) is 2. The number of carbonyl (C=O) groups is 2. The Morgan fingerprint density at radius 1 is 1.14 bits per heavy atom. The molecule has 2 aromatic carbocycles. The molecule has 1 saturated heterocycles. The maximum Gasteiger partial charge on any atom is 0.315 e. The highest BCUT2D eigenvalue weighted by Gasteiger charge is 2.49. The number of carbonyl (C=O) groups excluding carboxylic acids is 2. The number of likely N-dealkylation sites (tertiary alicyclic amines) is 1.